The van der Waals surface area contributed by atoms with Gasteiger partial charge in [0.25, 0.3) is 0 Å². The summed E-state index contributed by atoms with van der Waals surface area (Å²) < 4.78 is 1.83. The topological polar surface area (TPSA) is 72.9 Å². The number of carbonyl (C=O) groups is 1. The number of primary amides is 1. The summed E-state index contributed by atoms with van der Waals surface area (Å²) in [6.07, 6.45) is 2.16. The van der Waals surface area contributed by atoms with Crippen LogP contribution in [0.15, 0.2) is 6.20 Å². The van der Waals surface area contributed by atoms with E-state index >= 15 is 0 Å². The van der Waals surface area contributed by atoms with Crippen LogP contribution in [0.2, 0.25) is 0 Å². The predicted octanol–water partition coefficient (Wildman–Crippen LogP) is 0.472. The summed E-state index contributed by atoms with van der Waals surface area (Å²) in [5.74, 6) is -0.291. The number of hydrogen-bond donors (Lipinski definition) is 2. The fourth-order valence-electron chi connectivity index (χ4n) is 1.55. The molecule has 0 fully saturated rings. The molecule has 0 saturated carbocycles. The molecule has 0 aliphatic heterocycles. The standard InChI is InChI=1S/C11H20N4O/c1-8-9(7-14-15(8)4)6-13-11(2,3)5-10(12)16/h7,13H,5-6H2,1-4H3,(H2,12,16). The van der Waals surface area contributed by atoms with E-state index in [0.717, 1.165) is 11.3 Å². The molecular formula is C11H20N4O. The molecule has 1 aromatic rings. The van der Waals surface area contributed by atoms with Gasteiger partial charge in [-0.05, 0) is 20.8 Å². The van der Waals surface area contributed by atoms with Gasteiger partial charge >= 0.3 is 0 Å². The molecule has 3 N–H and O–H groups in total. The molecule has 0 saturated heterocycles. The number of aromatic nitrogens is 2. The van der Waals surface area contributed by atoms with Crippen molar-refractivity contribution in [2.24, 2.45) is 12.8 Å². The van der Waals surface area contributed by atoms with Crippen molar-refractivity contribution in [1.82, 2.24) is 15.1 Å². The summed E-state index contributed by atoms with van der Waals surface area (Å²) in [5.41, 5.74) is 7.17. The van der Waals surface area contributed by atoms with Crippen molar-refractivity contribution in [3.63, 3.8) is 0 Å². The summed E-state index contributed by atoms with van der Waals surface area (Å²) in [6.45, 7) is 6.64. The minimum absolute atomic E-state index is 0.284. The van der Waals surface area contributed by atoms with Gasteiger partial charge in [-0.15, -0.1) is 0 Å². The highest BCUT2D eigenvalue weighted by atomic mass is 16.1. The van der Waals surface area contributed by atoms with E-state index in [0.29, 0.717) is 13.0 Å². The van der Waals surface area contributed by atoms with Crippen LogP contribution >= 0.6 is 0 Å². The van der Waals surface area contributed by atoms with Crippen molar-refractivity contribution >= 4 is 5.91 Å². The van der Waals surface area contributed by atoms with Crippen molar-refractivity contribution in [2.45, 2.75) is 39.3 Å². The lowest BCUT2D eigenvalue weighted by atomic mass is 10.00. The average molecular weight is 224 g/mol. The van der Waals surface area contributed by atoms with Gasteiger partial charge in [-0.1, -0.05) is 0 Å². The Kier molecular flexibility index (Phi) is 3.70. The van der Waals surface area contributed by atoms with Crippen LogP contribution in [0.25, 0.3) is 0 Å². The van der Waals surface area contributed by atoms with Crippen LogP contribution in [0.5, 0.6) is 0 Å². The highest BCUT2D eigenvalue weighted by Crippen LogP contribution is 2.11. The van der Waals surface area contributed by atoms with E-state index in [9.17, 15) is 4.79 Å². The number of hydrogen-bond acceptors (Lipinski definition) is 3. The number of nitrogens with one attached hydrogen (secondary N) is 1. The van der Waals surface area contributed by atoms with Crippen LogP contribution < -0.4 is 11.1 Å². The zero-order chi connectivity index (χ0) is 12.3. The Labute approximate surface area is 96.0 Å². The van der Waals surface area contributed by atoms with Gasteiger partial charge in [0.05, 0.1) is 6.20 Å². The maximum absolute atomic E-state index is 10.9. The van der Waals surface area contributed by atoms with Crippen LogP contribution in [-0.4, -0.2) is 21.2 Å². The maximum atomic E-state index is 10.9. The molecule has 0 aromatic carbocycles. The van der Waals surface area contributed by atoms with Gasteiger partial charge in [-0.3, -0.25) is 9.48 Å². The molecule has 1 rings (SSSR count). The minimum atomic E-state index is -0.291. The Hall–Kier alpha value is -1.36. The Bertz CT molecular complexity index is 381. The molecule has 0 bridgehead atoms. The highest BCUT2D eigenvalue weighted by molar-refractivity contribution is 5.74. The SMILES string of the molecule is Cc1c(CNC(C)(C)CC(N)=O)cnn1C. The molecule has 0 aliphatic carbocycles. The Balaban J connectivity index is 2.57. The molecule has 5 heteroatoms. The summed E-state index contributed by atoms with van der Waals surface area (Å²) in [4.78, 5) is 10.9. The smallest absolute Gasteiger partial charge is 0.219 e. The Morgan fingerprint density at radius 3 is 2.69 bits per heavy atom. The zero-order valence-electron chi connectivity index (χ0n) is 10.4. The zero-order valence-corrected chi connectivity index (χ0v) is 10.4. The van der Waals surface area contributed by atoms with Crippen LogP contribution in [0.4, 0.5) is 0 Å². The third-order valence-corrected chi connectivity index (χ3v) is 2.71. The first kappa shape index (κ1) is 12.7. The first-order valence-electron chi connectivity index (χ1n) is 5.32. The van der Waals surface area contributed by atoms with E-state index < -0.39 is 0 Å². The molecule has 1 amide bonds. The van der Waals surface area contributed by atoms with Gasteiger partial charge in [0.1, 0.15) is 0 Å². The van der Waals surface area contributed by atoms with Crippen LogP contribution in [0.1, 0.15) is 31.5 Å². The fourth-order valence-corrected chi connectivity index (χ4v) is 1.55. The summed E-state index contributed by atoms with van der Waals surface area (Å²) in [5, 5.41) is 7.47. The van der Waals surface area contributed by atoms with Crippen LogP contribution in [0.3, 0.4) is 0 Å². The van der Waals surface area contributed by atoms with Gasteiger partial charge in [-0.2, -0.15) is 5.10 Å². The molecular weight excluding hydrogens is 204 g/mol. The lowest BCUT2D eigenvalue weighted by Crippen LogP contribution is -2.42. The number of rotatable bonds is 5. The van der Waals surface area contributed by atoms with E-state index in [-0.39, 0.29) is 11.4 Å². The summed E-state index contributed by atoms with van der Waals surface area (Å²) >= 11 is 0. The van der Waals surface area contributed by atoms with E-state index in [2.05, 4.69) is 10.4 Å². The number of carbonyl (C=O) groups excluding carboxylic acids is 1. The van der Waals surface area contributed by atoms with Gasteiger partial charge in [0, 0.05) is 36.8 Å². The second-order valence-corrected chi connectivity index (χ2v) is 4.76. The molecule has 1 aromatic heterocycles. The largest absolute Gasteiger partial charge is 0.370 e. The van der Waals surface area contributed by atoms with Crippen LogP contribution in [0, 0.1) is 6.92 Å². The predicted molar refractivity (Wildman–Crippen MR) is 62.7 cm³/mol. The average Bonchev–Trinajstić information content (AvgIpc) is 2.43. The van der Waals surface area contributed by atoms with Gasteiger partial charge in [0.15, 0.2) is 0 Å². The fraction of sp³-hybridized carbons (Fsp3) is 0.636. The molecule has 16 heavy (non-hydrogen) atoms. The molecule has 0 unspecified atom stereocenters. The van der Waals surface area contributed by atoms with E-state index in [1.54, 1.807) is 0 Å². The highest BCUT2D eigenvalue weighted by Gasteiger charge is 2.20. The number of amides is 1. The molecule has 0 radical (unpaired) electrons. The van der Waals surface area contributed by atoms with E-state index in [4.69, 9.17) is 5.73 Å². The second-order valence-electron chi connectivity index (χ2n) is 4.76. The van der Waals surface area contributed by atoms with Gasteiger partial charge < -0.3 is 11.1 Å². The van der Waals surface area contributed by atoms with E-state index in [1.165, 1.54) is 0 Å². The van der Waals surface area contributed by atoms with Gasteiger partial charge in [0.2, 0.25) is 5.91 Å². The summed E-state index contributed by atoms with van der Waals surface area (Å²) in [6, 6.07) is 0. The normalized spacial score (nSPS) is 11.8. The van der Waals surface area contributed by atoms with Crippen LogP contribution in [-0.2, 0) is 18.4 Å². The van der Waals surface area contributed by atoms with Crippen molar-refractivity contribution in [3.8, 4) is 0 Å². The van der Waals surface area contributed by atoms with Crippen molar-refractivity contribution < 1.29 is 4.79 Å². The first-order valence-corrected chi connectivity index (χ1v) is 5.32. The lowest BCUT2D eigenvalue weighted by molar-refractivity contribution is -0.119. The van der Waals surface area contributed by atoms with Gasteiger partial charge in [-0.25, -0.2) is 0 Å². The molecule has 90 valence electrons. The van der Waals surface area contributed by atoms with Crippen molar-refractivity contribution in [3.05, 3.63) is 17.5 Å². The third kappa shape index (κ3) is 3.34. The monoisotopic (exact) mass is 224 g/mol. The summed E-state index contributed by atoms with van der Waals surface area (Å²) in [7, 11) is 1.91. The Morgan fingerprint density at radius 1 is 1.62 bits per heavy atom. The number of nitrogens with two attached hydrogens (primary N) is 1. The molecule has 0 spiro atoms. The molecule has 0 aliphatic rings. The number of aryl methyl sites for hydroxylation is 1. The Morgan fingerprint density at radius 2 is 2.25 bits per heavy atom. The number of nitrogens with zero attached hydrogens (tertiary/aromatic N) is 2. The first-order chi connectivity index (χ1) is 7.32. The van der Waals surface area contributed by atoms with E-state index in [1.807, 2.05) is 38.7 Å². The second kappa shape index (κ2) is 4.65. The quantitative estimate of drug-likeness (QED) is 0.763. The molecule has 1 heterocycles. The van der Waals surface area contributed by atoms with Crippen molar-refractivity contribution in [1.29, 1.82) is 0 Å². The minimum Gasteiger partial charge on any atom is -0.370 e. The maximum Gasteiger partial charge on any atom is 0.219 e. The van der Waals surface area contributed by atoms with Crippen molar-refractivity contribution in [2.75, 3.05) is 0 Å². The lowest BCUT2D eigenvalue weighted by Gasteiger charge is -2.24. The molecule has 0 atom stereocenters. The third-order valence-electron chi connectivity index (χ3n) is 2.71. The molecule has 5 nitrogen and oxygen atoms in total.